The molecule has 0 fully saturated rings. The van der Waals surface area contributed by atoms with Crippen molar-refractivity contribution in [3.63, 3.8) is 0 Å². The van der Waals surface area contributed by atoms with Gasteiger partial charge in [-0.05, 0) is 54.5 Å². The average Bonchev–Trinajstić information content (AvgIpc) is 2.67. The number of benzene rings is 2. The van der Waals surface area contributed by atoms with Gasteiger partial charge in [-0.1, -0.05) is 60.4 Å². The van der Waals surface area contributed by atoms with Crippen LogP contribution in [-0.2, 0) is 4.74 Å². The van der Waals surface area contributed by atoms with Gasteiger partial charge in [0, 0.05) is 12.1 Å². The maximum Gasteiger partial charge on any atom is 0.411 e. The smallest absolute Gasteiger partial charge is 0.411 e. The fraction of sp³-hybridized carbons (Fsp3) is 0.174. The normalized spacial score (nSPS) is 9.54. The van der Waals surface area contributed by atoms with E-state index < -0.39 is 6.09 Å². The summed E-state index contributed by atoms with van der Waals surface area (Å²) in [5.74, 6) is 11.5. The molecule has 0 heterocycles. The Labute approximate surface area is 155 Å². The first kappa shape index (κ1) is 18.9. The van der Waals surface area contributed by atoms with E-state index in [4.69, 9.17) is 4.74 Å². The van der Waals surface area contributed by atoms with Gasteiger partial charge in [0.2, 0.25) is 0 Å². The van der Waals surface area contributed by atoms with Gasteiger partial charge in [-0.15, -0.1) is 0 Å². The summed E-state index contributed by atoms with van der Waals surface area (Å²) in [6.45, 7) is 0.381. The SMILES string of the molecule is O=C(Nc1ccccc1)OCCCCC#CC#C/C=C/c1ccccc1. The number of para-hydroxylation sites is 1. The predicted molar refractivity (Wildman–Crippen MR) is 106 cm³/mol. The van der Waals surface area contributed by atoms with Crippen molar-refractivity contribution in [1.29, 1.82) is 0 Å². The van der Waals surface area contributed by atoms with Gasteiger partial charge < -0.3 is 4.74 Å². The van der Waals surface area contributed by atoms with Crippen LogP contribution < -0.4 is 5.32 Å². The van der Waals surface area contributed by atoms with Gasteiger partial charge in [-0.25, -0.2) is 4.79 Å². The van der Waals surface area contributed by atoms with Crippen LogP contribution in [-0.4, -0.2) is 12.7 Å². The molecule has 2 aromatic carbocycles. The molecule has 0 atom stereocenters. The van der Waals surface area contributed by atoms with Gasteiger partial charge in [0.25, 0.3) is 0 Å². The number of ether oxygens (including phenoxy) is 1. The molecule has 1 amide bonds. The summed E-state index contributed by atoms with van der Waals surface area (Å²) < 4.78 is 5.11. The van der Waals surface area contributed by atoms with Crippen molar-refractivity contribution >= 4 is 17.9 Å². The number of hydrogen-bond acceptors (Lipinski definition) is 2. The first-order valence-electron chi connectivity index (χ1n) is 8.53. The monoisotopic (exact) mass is 343 g/mol. The van der Waals surface area contributed by atoms with E-state index in [1.54, 1.807) is 6.08 Å². The zero-order chi connectivity index (χ0) is 18.3. The largest absolute Gasteiger partial charge is 0.449 e. The van der Waals surface area contributed by atoms with E-state index >= 15 is 0 Å². The summed E-state index contributed by atoms with van der Waals surface area (Å²) >= 11 is 0. The Bertz CT molecular complexity index is 818. The highest BCUT2D eigenvalue weighted by Crippen LogP contribution is 2.05. The first-order chi connectivity index (χ1) is 12.8. The molecule has 0 bridgehead atoms. The van der Waals surface area contributed by atoms with Crippen molar-refractivity contribution in [2.24, 2.45) is 0 Å². The molecule has 0 unspecified atom stereocenters. The maximum atomic E-state index is 11.6. The Morgan fingerprint density at radius 1 is 0.962 bits per heavy atom. The van der Waals surface area contributed by atoms with E-state index in [9.17, 15) is 4.79 Å². The van der Waals surface area contributed by atoms with Crippen LogP contribution in [0.4, 0.5) is 10.5 Å². The number of amides is 1. The average molecular weight is 343 g/mol. The summed E-state index contributed by atoms with van der Waals surface area (Å²) in [7, 11) is 0. The molecule has 0 aromatic heterocycles. The number of carbonyl (C=O) groups excluding carboxylic acids is 1. The molecule has 0 spiro atoms. The maximum absolute atomic E-state index is 11.6. The van der Waals surface area contributed by atoms with Crippen molar-refractivity contribution in [2.75, 3.05) is 11.9 Å². The minimum Gasteiger partial charge on any atom is -0.449 e. The lowest BCUT2D eigenvalue weighted by Crippen LogP contribution is -2.14. The molecule has 0 saturated carbocycles. The van der Waals surface area contributed by atoms with Crippen molar-refractivity contribution in [3.8, 4) is 23.7 Å². The van der Waals surface area contributed by atoms with Crippen molar-refractivity contribution < 1.29 is 9.53 Å². The molecule has 1 N–H and O–H groups in total. The molecular formula is C23H21NO2. The number of hydrogen-bond donors (Lipinski definition) is 1. The third-order valence-corrected chi connectivity index (χ3v) is 3.33. The Balaban J connectivity index is 1.53. The Hall–Kier alpha value is -3.43. The van der Waals surface area contributed by atoms with Gasteiger partial charge in [0.15, 0.2) is 0 Å². The zero-order valence-corrected chi connectivity index (χ0v) is 14.6. The van der Waals surface area contributed by atoms with Gasteiger partial charge in [-0.2, -0.15) is 0 Å². The minimum absolute atomic E-state index is 0.381. The molecule has 3 heteroatoms. The molecule has 0 saturated heterocycles. The molecule has 0 aliphatic heterocycles. The first-order valence-corrected chi connectivity index (χ1v) is 8.53. The number of anilines is 1. The van der Waals surface area contributed by atoms with Crippen molar-refractivity contribution in [3.05, 3.63) is 72.3 Å². The number of allylic oxidation sites excluding steroid dienone is 1. The van der Waals surface area contributed by atoms with Crippen molar-refractivity contribution in [2.45, 2.75) is 19.3 Å². The summed E-state index contributed by atoms with van der Waals surface area (Å²) in [5.41, 5.74) is 1.84. The quantitative estimate of drug-likeness (QED) is 0.583. The molecule has 0 aliphatic carbocycles. The van der Waals surface area contributed by atoms with E-state index in [1.807, 2.05) is 66.7 Å². The number of unbranched alkanes of at least 4 members (excludes halogenated alkanes) is 2. The summed E-state index contributed by atoms with van der Waals surface area (Å²) in [6.07, 6.45) is 5.69. The van der Waals surface area contributed by atoms with Crippen LogP contribution in [0.15, 0.2) is 66.7 Å². The highest BCUT2D eigenvalue weighted by atomic mass is 16.5. The Morgan fingerprint density at radius 3 is 2.46 bits per heavy atom. The van der Waals surface area contributed by atoms with Gasteiger partial charge in [-0.3, -0.25) is 5.32 Å². The predicted octanol–water partition coefficient (Wildman–Crippen LogP) is 5.13. The lowest BCUT2D eigenvalue weighted by Gasteiger charge is -2.05. The highest BCUT2D eigenvalue weighted by Gasteiger charge is 2.01. The highest BCUT2D eigenvalue weighted by molar-refractivity contribution is 5.84. The van der Waals surface area contributed by atoms with Crippen LogP contribution in [0.25, 0.3) is 6.08 Å². The van der Waals surface area contributed by atoms with E-state index in [-0.39, 0.29) is 0 Å². The van der Waals surface area contributed by atoms with Crippen LogP contribution in [0.1, 0.15) is 24.8 Å². The van der Waals surface area contributed by atoms with E-state index in [1.165, 1.54) is 0 Å². The fourth-order valence-corrected chi connectivity index (χ4v) is 2.04. The standard InChI is InChI=1S/C23H21NO2/c25-23(24-22-18-12-8-13-19-22)26-20-14-6-4-2-1-3-5-9-15-21-16-10-7-11-17-21/h7-13,15-19H,4,6,14,20H2,(H,24,25)/b15-9+. The summed E-state index contributed by atoms with van der Waals surface area (Å²) in [6, 6.07) is 19.2. The summed E-state index contributed by atoms with van der Waals surface area (Å²) in [4.78, 5) is 11.6. The third kappa shape index (κ3) is 8.43. The Morgan fingerprint density at radius 2 is 1.69 bits per heavy atom. The van der Waals surface area contributed by atoms with E-state index in [0.29, 0.717) is 6.61 Å². The lowest BCUT2D eigenvalue weighted by molar-refractivity contribution is 0.159. The number of nitrogens with one attached hydrogen (secondary N) is 1. The second-order valence-electron chi connectivity index (χ2n) is 5.40. The second kappa shape index (κ2) is 12.0. The minimum atomic E-state index is -0.432. The molecular weight excluding hydrogens is 322 g/mol. The van der Waals surface area contributed by atoms with E-state index in [0.717, 1.165) is 30.5 Å². The van der Waals surface area contributed by atoms with Crippen LogP contribution in [0.3, 0.4) is 0 Å². The number of carbonyl (C=O) groups is 1. The fourth-order valence-electron chi connectivity index (χ4n) is 2.04. The third-order valence-electron chi connectivity index (χ3n) is 3.33. The van der Waals surface area contributed by atoms with Crippen LogP contribution in [0.2, 0.25) is 0 Å². The molecule has 0 radical (unpaired) electrons. The topological polar surface area (TPSA) is 38.3 Å². The molecule has 26 heavy (non-hydrogen) atoms. The Kier molecular flexibility index (Phi) is 8.73. The van der Waals surface area contributed by atoms with Crippen LogP contribution >= 0.6 is 0 Å². The van der Waals surface area contributed by atoms with Gasteiger partial charge in [0.05, 0.1) is 6.61 Å². The summed E-state index contributed by atoms with van der Waals surface area (Å²) in [5, 5.41) is 2.67. The van der Waals surface area contributed by atoms with Gasteiger partial charge >= 0.3 is 6.09 Å². The number of rotatable bonds is 6. The molecule has 0 aliphatic rings. The molecule has 2 rings (SSSR count). The van der Waals surface area contributed by atoms with Crippen LogP contribution in [0.5, 0.6) is 0 Å². The van der Waals surface area contributed by atoms with Crippen LogP contribution in [0, 0.1) is 23.7 Å². The molecule has 2 aromatic rings. The van der Waals surface area contributed by atoms with Crippen molar-refractivity contribution in [1.82, 2.24) is 0 Å². The molecule has 130 valence electrons. The van der Waals surface area contributed by atoms with E-state index in [2.05, 4.69) is 29.0 Å². The second-order valence-corrected chi connectivity index (χ2v) is 5.40. The molecule has 3 nitrogen and oxygen atoms in total. The zero-order valence-electron chi connectivity index (χ0n) is 14.6. The lowest BCUT2D eigenvalue weighted by atomic mass is 10.2. The van der Waals surface area contributed by atoms with Gasteiger partial charge in [0.1, 0.15) is 0 Å².